The quantitative estimate of drug-likeness (QED) is 0.288. The number of sulfonamides is 1. The Morgan fingerprint density at radius 2 is 1.82 bits per heavy atom. The molecule has 7 rings (SSSR count). The predicted molar refractivity (Wildman–Crippen MR) is 211 cm³/mol. The fraction of sp³-hybridized carbons (Fsp3) is 0.634. The average Bonchev–Trinajstić information content (AvgIpc) is 4.09. The molecule has 15 nitrogen and oxygen atoms in total. The van der Waals surface area contributed by atoms with E-state index in [0.29, 0.717) is 60.2 Å². The number of alkyl halides is 3. The lowest BCUT2D eigenvalue weighted by Crippen LogP contribution is -2.66. The van der Waals surface area contributed by atoms with Crippen molar-refractivity contribution in [1.82, 2.24) is 24.8 Å². The summed E-state index contributed by atoms with van der Waals surface area (Å²) in [7, 11) is -4.48. The summed E-state index contributed by atoms with van der Waals surface area (Å²) in [4.78, 5) is 62.9. The first kappa shape index (κ1) is 43.3. The molecule has 7 atom stereocenters. The molecule has 328 valence electrons. The monoisotopic (exact) mass is 863 g/mol. The van der Waals surface area contributed by atoms with Crippen molar-refractivity contribution < 1.29 is 60.1 Å². The Morgan fingerprint density at radius 3 is 2.48 bits per heavy atom. The van der Waals surface area contributed by atoms with Crippen molar-refractivity contribution in [3.63, 3.8) is 0 Å². The Hall–Kier alpha value is -4.81. The van der Waals surface area contributed by atoms with Crippen molar-refractivity contribution in [2.45, 2.75) is 119 Å². The van der Waals surface area contributed by atoms with Gasteiger partial charge in [-0.3, -0.25) is 24.0 Å². The van der Waals surface area contributed by atoms with Gasteiger partial charge in [-0.15, -0.1) is 0 Å². The van der Waals surface area contributed by atoms with Gasteiger partial charge in [-0.25, -0.2) is 31.4 Å². The van der Waals surface area contributed by atoms with Crippen LogP contribution < -0.4 is 24.2 Å². The minimum absolute atomic E-state index is 0.00236. The Kier molecular flexibility index (Phi) is 11.2. The average molecular weight is 864 g/mol. The summed E-state index contributed by atoms with van der Waals surface area (Å²) in [6.45, 7) is 5.35. The number of hydrogen-bond acceptors (Lipinski definition) is 10. The van der Waals surface area contributed by atoms with E-state index < -0.39 is 92.3 Å². The highest BCUT2D eigenvalue weighted by Gasteiger charge is 2.64. The Bertz CT molecular complexity index is 2200. The number of pyridine rings is 1. The molecule has 60 heavy (non-hydrogen) atoms. The third-order valence-corrected chi connectivity index (χ3v) is 15.2. The van der Waals surface area contributed by atoms with Gasteiger partial charge in [-0.2, -0.15) is 0 Å². The number of aromatic nitrogens is 1. The highest BCUT2D eigenvalue weighted by Crippen LogP contribution is 2.48. The molecule has 2 aromatic rings. The summed E-state index contributed by atoms with van der Waals surface area (Å²) in [5, 5.41) is 14.5. The zero-order valence-corrected chi connectivity index (χ0v) is 35.0. The smallest absolute Gasteiger partial charge is 0.408 e. The van der Waals surface area contributed by atoms with Crippen LogP contribution in [0.25, 0.3) is 10.8 Å². The van der Waals surface area contributed by atoms with E-state index in [0.717, 1.165) is 18.7 Å². The maximum Gasteiger partial charge on any atom is 0.408 e. The van der Waals surface area contributed by atoms with Crippen LogP contribution in [0.3, 0.4) is 0 Å². The maximum atomic E-state index is 15.4. The first-order valence-corrected chi connectivity index (χ1v) is 21.8. The Labute approximate surface area is 346 Å². The molecule has 19 heteroatoms. The number of allylic oxidation sites excluding steroid dienone is 1. The van der Waals surface area contributed by atoms with Crippen molar-refractivity contribution in [2.24, 2.45) is 17.8 Å². The Balaban J connectivity index is 1.29. The van der Waals surface area contributed by atoms with Crippen LogP contribution >= 0.6 is 0 Å². The fourth-order valence-electron chi connectivity index (χ4n) is 8.80. The zero-order valence-electron chi connectivity index (χ0n) is 34.2. The zero-order chi connectivity index (χ0) is 43.6. The van der Waals surface area contributed by atoms with E-state index in [2.05, 4.69) is 10.3 Å². The summed E-state index contributed by atoms with van der Waals surface area (Å²) < 4.78 is 89.5. The molecule has 1 aromatic carbocycles. The summed E-state index contributed by atoms with van der Waals surface area (Å²) in [5.74, 6) is -6.98. The molecule has 0 unspecified atom stereocenters. The summed E-state index contributed by atoms with van der Waals surface area (Å²) in [5.41, 5.74) is -4.20. The van der Waals surface area contributed by atoms with E-state index >= 15 is 13.6 Å². The molecule has 5 aliphatic rings. The molecular formula is C41H52F3N5O10S. The van der Waals surface area contributed by atoms with Crippen LogP contribution in [0.1, 0.15) is 79.6 Å². The molecule has 3 aliphatic heterocycles. The lowest BCUT2D eigenvalue weighted by molar-refractivity contribution is -0.156. The molecule has 0 spiro atoms. The van der Waals surface area contributed by atoms with Gasteiger partial charge in [0.1, 0.15) is 53.9 Å². The minimum Gasteiger partial charge on any atom is -0.486 e. The topological polar surface area (TPSA) is 194 Å². The van der Waals surface area contributed by atoms with Gasteiger partial charge < -0.3 is 29.5 Å². The van der Waals surface area contributed by atoms with Gasteiger partial charge in [0.25, 0.3) is 11.8 Å². The van der Waals surface area contributed by atoms with Crippen LogP contribution in [0, 0.1) is 17.8 Å². The van der Waals surface area contributed by atoms with E-state index in [1.54, 1.807) is 37.3 Å². The lowest BCUT2D eigenvalue weighted by atomic mass is 9.84. The van der Waals surface area contributed by atoms with Crippen LogP contribution in [0.4, 0.5) is 18.0 Å². The second-order valence-electron chi connectivity index (χ2n) is 17.7. The number of rotatable bonds is 9. The standard InChI is InChI=1S/C41H52F3N5O10S/c1-23-8-6-7-9-25-20-41(25,36(52)47-60(55,56)40(22-42)13-14-40)46-33(50)29-19-26(59-34-28-10-11-30-32(58-17-16-57-30)27(28)12-15-45-34)21-48(29)35(51)31(24(2)18-23)49(37(53)54)38(3,4)39(5,43)44/h7,9-12,15,23-26,29,31H,6,8,13-14,16-22H2,1-5H3,(H,46,50)(H,47,52)(H,53,54)/t23-,24-,25-,26-,29+,31+,41-/m1/s1. The van der Waals surface area contributed by atoms with Crippen LogP contribution in [0.15, 0.2) is 36.5 Å². The number of benzene rings is 1. The maximum absolute atomic E-state index is 15.4. The second-order valence-corrected chi connectivity index (χ2v) is 19.8. The first-order chi connectivity index (χ1) is 28.2. The van der Waals surface area contributed by atoms with Crippen molar-refractivity contribution in [2.75, 3.05) is 26.4 Å². The minimum atomic E-state index is -4.48. The molecule has 0 bridgehead atoms. The number of carbonyl (C=O) groups excluding carboxylic acids is 3. The molecule has 1 aromatic heterocycles. The molecular weight excluding hydrogens is 812 g/mol. The number of nitrogens with one attached hydrogen (secondary N) is 2. The second kappa shape index (κ2) is 15.6. The van der Waals surface area contributed by atoms with Gasteiger partial charge in [-0.1, -0.05) is 26.0 Å². The van der Waals surface area contributed by atoms with E-state index in [1.165, 1.54) is 6.20 Å². The molecule has 3 fully saturated rings. The number of ether oxygens (including phenoxy) is 3. The van der Waals surface area contributed by atoms with Crippen molar-refractivity contribution in [3.8, 4) is 17.4 Å². The number of fused-ring (bicyclic) bond motifs is 5. The fourth-order valence-corrected chi connectivity index (χ4v) is 10.2. The van der Waals surface area contributed by atoms with Crippen molar-refractivity contribution >= 4 is 44.6 Å². The highest BCUT2D eigenvalue weighted by atomic mass is 32.2. The van der Waals surface area contributed by atoms with Gasteiger partial charge in [0.05, 0.1) is 6.54 Å². The normalized spacial score (nSPS) is 29.3. The number of halogens is 3. The van der Waals surface area contributed by atoms with E-state index in [9.17, 15) is 32.3 Å². The van der Waals surface area contributed by atoms with E-state index in [-0.39, 0.29) is 50.4 Å². The summed E-state index contributed by atoms with van der Waals surface area (Å²) >= 11 is 0. The third kappa shape index (κ3) is 7.70. The van der Waals surface area contributed by atoms with Crippen LogP contribution in [-0.2, 0) is 24.4 Å². The van der Waals surface area contributed by atoms with Gasteiger partial charge in [0.2, 0.25) is 27.7 Å². The number of amides is 4. The van der Waals surface area contributed by atoms with E-state index in [1.807, 2.05) is 11.6 Å². The van der Waals surface area contributed by atoms with Crippen molar-refractivity contribution in [3.05, 3.63) is 36.5 Å². The molecule has 2 saturated carbocycles. The summed E-state index contributed by atoms with van der Waals surface area (Å²) in [6, 6.07) is 1.98. The molecule has 1 saturated heterocycles. The van der Waals surface area contributed by atoms with Crippen molar-refractivity contribution in [1.29, 1.82) is 0 Å². The van der Waals surface area contributed by atoms with Gasteiger partial charge >= 0.3 is 6.09 Å². The van der Waals surface area contributed by atoms with Crippen LogP contribution in [-0.4, -0.2) is 118 Å². The third-order valence-electron chi connectivity index (χ3n) is 13.1. The molecule has 0 radical (unpaired) electrons. The molecule has 2 aliphatic carbocycles. The van der Waals surface area contributed by atoms with Crippen LogP contribution in [0.2, 0.25) is 0 Å². The van der Waals surface area contributed by atoms with Crippen LogP contribution in [0.5, 0.6) is 17.4 Å². The van der Waals surface area contributed by atoms with E-state index in [4.69, 9.17) is 14.2 Å². The van der Waals surface area contributed by atoms with Gasteiger partial charge in [0, 0.05) is 36.2 Å². The molecule has 4 amide bonds. The predicted octanol–water partition coefficient (Wildman–Crippen LogP) is 4.97. The number of nitrogens with zero attached hydrogens (tertiary/aromatic N) is 3. The van der Waals surface area contributed by atoms with Gasteiger partial charge in [0.15, 0.2) is 11.5 Å². The largest absolute Gasteiger partial charge is 0.486 e. The number of carbonyl (C=O) groups is 4. The van der Waals surface area contributed by atoms with Gasteiger partial charge in [-0.05, 0) is 82.4 Å². The Morgan fingerprint density at radius 1 is 1.10 bits per heavy atom. The number of hydrogen-bond donors (Lipinski definition) is 3. The SMILES string of the molecule is C[C@@H]1CCC=C[C@@H]2C[C@@]2(C(=O)NS(=O)(=O)C2(CF)CC2)NC(=O)[C@@H]2C[C@@H](Oc3nccc4c5c(ccc34)OCCO5)CN2C(=O)[C@@H](N(C(=O)O)C(C)(C)C(C)(F)F)[C@H](C)C1. The lowest BCUT2D eigenvalue weighted by Gasteiger charge is -2.47. The molecule has 3 N–H and O–H groups in total. The number of carboxylic acid groups (broad SMARTS) is 1. The first-order valence-electron chi connectivity index (χ1n) is 20.3. The molecule has 4 heterocycles. The highest BCUT2D eigenvalue weighted by molar-refractivity contribution is 7.91. The summed E-state index contributed by atoms with van der Waals surface area (Å²) in [6.07, 6.45) is 3.37.